The van der Waals surface area contributed by atoms with Gasteiger partial charge in [-0.05, 0) is 12.1 Å². The number of hydrogen-bond acceptors (Lipinski definition) is 6. The van der Waals surface area contributed by atoms with Gasteiger partial charge in [0, 0.05) is 6.92 Å². The Morgan fingerprint density at radius 3 is 2.65 bits per heavy atom. The largest absolute Gasteiger partial charge is 0.474 e. The second-order valence-electron chi connectivity index (χ2n) is 4.00. The number of para-hydroxylation sites is 2. The Balaban J connectivity index is 1.69. The molecule has 2 aromatic rings. The van der Waals surface area contributed by atoms with Gasteiger partial charge >= 0.3 is 5.97 Å². The van der Waals surface area contributed by atoms with E-state index in [4.69, 9.17) is 14.2 Å². The number of hydrogen-bond donors (Lipinski definition) is 0. The van der Waals surface area contributed by atoms with Crippen molar-refractivity contribution >= 4 is 17.0 Å². The van der Waals surface area contributed by atoms with Gasteiger partial charge in [0.15, 0.2) is 0 Å². The van der Waals surface area contributed by atoms with Crippen LogP contribution in [0, 0.1) is 0 Å². The molecule has 106 valence electrons. The maximum absolute atomic E-state index is 10.5. The molecule has 0 aliphatic carbocycles. The summed E-state index contributed by atoms with van der Waals surface area (Å²) in [5.74, 6) is 0.156. The molecule has 6 heteroatoms. The monoisotopic (exact) mass is 276 g/mol. The molecule has 0 bridgehead atoms. The number of esters is 1. The molecular formula is C14H16N2O4. The SMILES string of the molecule is CC(=O)OCCOCCOc1cnc2ccccc2n1. The second-order valence-corrected chi connectivity index (χ2v) is 4.00. The van der Waals surface area contributed by atoms with Gasteiger partial charge in [0.25, 0.3) is 0 Å². The minimum Gasteiger partial charge on any atom is -0.474 e. The number of fused-ring (bicyclic) bond motifs is 1. The predicted octanol–water partition coefficient (Wildman–Crippen LogP) is 1.59. The van der Waals surface area contributed by atoms with Gasteiger partial charge in [-0.15, -0.1) is 0 Å². The van der Waals surface area contributed by atoms with Gasteiger partial charge in [0.05, 0.1) is 30.4 Å². The van der Waals surface area contributed by atoms with Crippen LogP contribution in [0.1, 0.15) is 6.92 Å². The van der Waals surface area contributed by atoms with Crippen molar-refractivity contribution < 1.29 is 19.0 Å². The number of carbonyl (C=O) groups is 1. The summed E-state index contributed by atoms with van der Waals surface area (Å²) in [5, 5.41) is 0. The zero-order valence-corrected chi connectivity index (χ0v) is 11.2. The Kier molecular flexibility index (Phi) is 5.25. The number of rotatable bonds is 7. The van der Waals surface area contributed by atoms with Gasteiger partial charge in [-0.25, -0.2) is 9.97 Å². The third-order valence-corrected chi connectivity index (χ3v) is 2.44. The van der Waals surface area contributed by atoms with Crippen LogP contribution in [-0.4, -0.2) is 42.4 Å². The molecule has 1 heterocycles. The topological polar surface area (TPSA) is 70.5 Å². The number of aromatic nitrogens is 2. The van der Waals surface area contributed by atoms with Crippen molar-refractivity contribution in [2.75, 3.05) is 26.4 Å². The molecule has 0 radical (unpaired) electrons. The highest BCUT2D eigenvalue weighted by molar-refractivity contribution is 5.73. The van der Waals surface area contributed by atoms with E-state index in [0.29, 0.717) is 25.7 Å². The molecule has 0 unspecified atom stereocenters. The van der Waals surface area contributed by atoms with E-state index < -0.39 is 0 Å². The molecule has 0 saturated heterocycles. The normalized spacial score (nSPS) is 10.4. The van der Waals surface area contributed by atoms with Crippen molar-refractivity contribution in [1.29, 1.82) is 0 Å². The molecule has 6 nitrogen and oxygen atoms in total. The fourth-order valence-electron chi connectivity index (χ4n) is 1.56. The van der Waals surface area contributed by atoms with Crippen molar-refractivity contribution in [3.63, 3.8) is 0 Å². The highest BCUT2D eigenvalue weighted by Gasteiger charge is 2.00. The molecule has 0 saturated carbocycles. The smallest absolute Gasteiger partial charge is 0.302 e. The molecule has 0 atom stereocenters. The van der Waals surface area contributed by atoms with Crippen LogP contribution >= 0.6 is 0 Å². The minimum atomic E-state index is -0.309. The Morgan fingerprint density at radius 1 is 1.10 bits per heavy atom. The van der Waals surface area contributed by atoms with Crippen LogP contribution in [0.25, 0.3) is 11.0 Å². The summed E-state index contributed by atoms with van der Waals surface area (Å²) in [7, 11) is 0. The first-order valence-electron chi connectivity index (χ1n) is 6.31. The first-order chi connectivity index (χ1) is 9.75. The molecule has 0 fully saturated rings. The Bertz CT molecular complexity index is 574. The van der Waals surface area contributed by atoms with E-state index in [0.717, 1.165) is 11.0 Å². The molecule has 0 N–H and O–H groups in total. The first-order valence-corrected chi connectivity index (χ1v) is 6.31. The van der Waals surface area contributed by atoms with Gasteiger partial charge < -0.3 is 14.2 Å². The second kappa shape index (κ2) is 7.40. The Hall–Kier alpha value is -2.21. The molecule has 0 spiro atoms. The van der Waals surface area contributed by atoms with Crippen LogP contribution in [-0.2, 0) is 14.3 Å². The van der Waals surface area contributed by atoms with Crippen LogP contribution in [0.5, 0.6) is 5.88 Å². The van der Waals surface area contributed by atoms with Crippen molar-refractivity contribution in [3.8, 4) is 5.88 Å². The third kappa shape index (κ3) is 4.47. The highest BCUT2D eigenvalue weighted by atomic mass is 16.6. The molecule has 0 aliphatic heterocycles. The van der Waals surface area contributed by atoms with Crippen LogP contribution in [0.15, 0.2) is 30.5 Å². The number of carbonyl (C=O) groups excluding carboxylic acids is 1. The van der Waals surface area contributed by atoms with Gasteiger partial charge in [0.2, 0.25) is 5.88 Å². The summed E-state index contributed by atoms with van der Waals surface area (Å²) in [6.45, 7) is 2.74. The maximum atomic E-state index is 10.5. The Morgan fingerprint density at radius 2 is 1.85 bits per heavy atom. The molecule has 0 amide bonds. The summed E-state index contributed by atoms with van der Waals surface area (Å²) in [5.41, 5.74) is 1.62. The average molecular weight is 276 g/mol. The van der Waals surface area contributed by atoms with E-state index in [1.165, 1.54) is 6.92 Å². The summed E-state index contributed by atoms with van der Waals surface area (Å²) in [4.78, 5) is 19.1. The first kappa shape index (κ1) is 14.2. The lowest BCUT2D eigenvalue weighted by Gasteiger charge is -2.07. The van der Waals surface area contributed by atoms with Crippen molar-refractivity contribution in [2.45, 2.75) is 6.92 Å². The summed E-state index contributed by atoms with van der Waals surface area (Å²) in [6, 6.07) is 7.59. The number of benzene rings is 1. The average Bonchev–Trinajstić information content (AvgIpc) is 2.46. The van der Waals surface area contributed by atoms with Crippen molar-refractivity contribution in [1.82, 2.24) is 9.97 Å². The van der Waals surface area contributed by atoms with E-state index >= 15 is 0 Å². The lowest BCUT2D eigenvalue weighted by molar-refractivity contribution is -0.142. The lowest BCUT2D eigenvalue weighted by atomic mass is 10.3. The van der Waals surface area contributed by atoms with Crippen LogP contribution < -0.4 is 4.74 Å². The van der Waals surface area contributed by atoms with Crippen molar-refractivity contribution in [2.24, 2.45) is 0 Å². The summed E-state index contributed by atoms with van der Waals surface area (Å²) in [6.07, 6.45) is 1.58. The lowest BCUT2D eigenvalue weighted by Crippen LogP contribution is -2.12. The summed E-state index contributed by atoms with van der Waals surface area (Å²) < 4.78 is 15.4. The molecule has 2 rings (SSSR count). The van der Waals surface area contributed by atoms with Gasteiger partial charge in [-0.1, -0.05) is 12.1 Å². The fourth-order valence-corrected chi connectivity index (χ4v) is 1.56. The maximum Gasteiger partial charge on any atom is 0.302 e. The molecular weight excluding hydrogens is 260 g/mol. The van der Waals surface area contributed by atoms with Crippen molar-refractivity contribution in [3.05, 3.63) is 30.5 Å². The predicted molar refractivity (Wildman–Crippen MR) is 72.5 cm³/mol. The molecule has 20 heavy (non-hydrogen) atoms. The van der Waals surface area contributed by atoms with Crippen LogP contribution in [0.3, 0.4) is 0 Å². The zero-order valence-electron chi connectivity index (χ0n) is 11.2. The van der Waals surface area contributed by atoms with E-state index in [-0.39, 0.29) is 12.6 Å². The molecule has 0 aliphatic rings. The summed E-state index contributed by atoms with van der Waals surface area (Å²) >= 11 is 0. The van der Waals surface area contributed by atoms with Crippen LogP contribution in [0.2, 0.25) is 0 Å². The van der Waals surface area contributed by atoms with E-state index in [2.05, 4.69) is 9.97 Å². The fraction of sp³-hybridized carbons (Fsp3) is 0.357. The quantitative estimate of drug-likeness (QED) is 0.565. The van der Waals surface area contributed by atoms with Gasteiger partial charge in [0.1, 0.15) is 13.2 Å². The van der Waals surface area contributed by atoms with E-state index in [1.54, 1.807) is 6.20 Å². The van der Waals surface area contributed by atoms with E-state index in [1.807, 2.05) is 24.3 Å². The molecule has 1 aromatic carbocycles. The highest BCUT2D eigenvalue weighted by Crippen LogP contribution is 2.12. The van der Waals surface area contributed by atoms with Gasteiger partial charge in [-0.3, -0.25) is 4.79 Å². The van der Waals surface area contributed by atoms with E-state index in [9.17, 15) is 4.79 Å². The van der Waals surface area contributed by atoms with Gasteiger partial charge in [-0.2, -0.15) is 0 Å². The van der Waals surface area contributed by atoms with Crippen LogP contribution in [0.4, 0.5) is 0 Å². The molecule has 1 aromatic heterocycles. The third-order valence-electron chi connectivity index (χ3n) is 2.44. The zero-order chi connectivity index (χ0) is 14.2. The Labute approximate surface area is 116 Å². The standard InChI is InChI=1S/C14H16N2O4/c1-11(17)19-8-6-18-7-9-20-14-10-15-12-4-2-3-5-13(12)16-14/h2-5,10H,6-9H2,1H3. The number of nitrogens with zero attached hydrogens (tertiary/aromatic N) is 2. The number of ether oxygens (including phenoxy) is 3. The minimum absolute atomic E-state index is 0.255.